The molecule has 3 atom stereocenters. The van der Waals surface area contributed by atoms with E-state index in [0.29, 0.717) is 6.61 Å². The van der Waals surface area contributed by atoms with Crippen LogP contribution in [0.4, 0.5) is 0 Å². The van der Waals surface area contributed by atoms with Gasteiger partial charge in [0.2, 0.25) is 0 Å². The summed E-state index contributed by atoms with van der Waals surface area (Å²) < 4.78 is 32.6. The van der Waals surface area contributed by atoms with Crippen molar-refractivity contribution in [2.75, 3.05) is 6.61 Å². The molecule has 2 saturated heterocycles. The fourth-order valence-electron chi connectivity index (χ4n) is 1.82. The first-order chi connectivity index (χ1) is 6.80. The van der Waals surface area contributed by atoms with E-state index >= 15 is 0 Å². The van der Waals surface area contributed by atoms with E-state index in [1.807, 2.05) is 27.7 Å². The Morgan fingerprint density at radius 3 is 2.33 bits per heavy atom. The third-order valence-corrected chi connectivity index (χ3v) is 3.45. The van der Waals surface area contributed by atoms with Crippen LogP contribution in [-0.2, 0) is 29.2 Å². The van der Waals surface area contributed by atoms with Gasteiger partial charge in [-0.1, -0.05) is 0 Å². The van der Waals surface area contributed by atoms with Gasteiger partial charge in [-0.2, -0.15) is 4.21 Å². The van der Waals surface area contributed by atoms with Crippen LogP contribution in [0.5, 0.6) is 0 Å². The lowest BCUT2D eigenvalue weighted by molar-refractivity contribution is -0.154. The molecule has 6 heteroatoms. The Kier molecular flexibility index (Phi) is 2.67. The van der Waals surface area contributed by atoms with E-state index in [2.05, 4.69) is 0 Å². The van der Waals surface area contributed by atoms with E-state index in [1.54, 1.807) is 0 Å². The summed E-state index contributed by atoms with van der Waals surface area (Å²) in [6.45, 7) is 7.77. The lowest BCUT2D eigenvalue weighted by atomic mass is 9.97. The molecule has 0 spiro atoms. The Hall–Kier alpha value is -0.0100. The van der Waals surface area contributed by atoms with E-state index in [0.717, 1.165) is 0 Å². The zero-order chi connectivity index (χ0) is 11.3. The summed E-state index contributed by atoms with van der Waals surface area (Å²) >= 11 is -1.68. The Bertz CT molecular complexity index is 288. The summed E-state index contributed by atoms with van der Waals surface area (Å²) in [6.07, 6.45) is -0.596. The van der Waals surface area contributed by atoms with Crippen LogP contribution in [0.25, 0.3) is 0 Å². The maximum Gasteiger partial charge on any atom is 0.305 e. The first kappa shape index (κ1) is 11.5. The van der Waals surface area contributed by atoms with Crippen molar-refractivity contribution in [1.29, 1.82) is 0 Å². The molecule has 0 saturated carbocycles. The Balaban J connectivity index is 2.09. The van der Waals surface area contributed by atoms with Gasteiger partial charge in [-0.15, -0.1) is 0 Å². The van der Waals surface area contributed by atoms with E-state index in [1.165, 1.54) is 0 Å². The van der Waals surface area contributed by atoms with Crippen molar-refractivity contribution in [2.24, 2.45) is 0 Å². The molecule has 2 rings (SSSR count). The number of hydrogen-bond acceptors (Lipinski definition) is 5. The average molecular weight is 236 g/mol. The largest absolute Gasteiger partial charge is 0.348 e. The van der Waals surface area contributed by atoms with Gasteiger partial charge in [-0.25, -0.2) is 0 Å². The third kappa shape index (κ3) is 2.24. The Morgan fingerprint density at radius 1 is 1.27 bits per heavy atom. The fraction of sp³-hybridized carbons (Fsp3) is 1.00. The number of ether oxygens (including phenoxy) is 2. The van der Waals surface area contributed by atoms with Crippen LogP contribution in [0.15, 0.2) is 0 Å². The first-order valence-electron chi connectivity index (χ1n) is 4.90. The summed E-state index contributed by atoms with van der Waals surface area (Å²) in [5.74, 6) is -0.603. The van der Waals surface area contributed by atoms with Crippen LogP contribution in [0.2, 0.25) is 0 Å². The van der Waals surface area contributed by atoms with Gasteiger partial charge in [0.05, 0.1) is 6.61 Å². The van der Waals surface area contributed by atoms with Crippen LogP contribution < -0.4 is 0 Å². The Labute approximate surface area is 91.9 Å². The second kappa shape index (κ2) is 3.49. The molecule has 88 valence electrons. The molecule has 2 heterocycles. The van der Waals surface area contributed by atoms with Crippen molar-refractivity contribution >= 4 is 11.4 Å². The van der Waals surface area contributed by atoms with Gasteiger partial charge in [-0.05, 0) is 27.7 Å². The SMILES string of the molecule is CC1(C)OC[C@H]([C@H]2OS(=O)OC2(C)C)O1. The molecule has 1 unspecified atom stereocenters. The van der Waals surface area contributed by atoms with E-state index in [9.17, 15) is 4.21 Å². The van der Waals surface area contributed by atoms with Gasteiger partial charge < -0.3 is 9.47 Å². The minimum Gasteiger partial charge on any atom is -0.348 e. The summed E-state index contributed by atoms with van der Waals surface area (Å²) in [7, 11) is 0. The molecule has 15 heavy (non-hydrogen) atoms. The second-order valence-corrected chi connectivity index (χ2v) is 5.54. The maximum atomic E-state index is 11.2. The molecule has 0 N–H and O–H groups in total. The molecular weight excluding hydrogens is 220 g/mol. The fourth-order valence-corrected chi connectivity index (χ4v) is 2.83. The minimum absolute atomic E-state index is 0.235. The monoisotopic (exact) mass is 236 g/mol. The first-order valence-corrected chi connectivity index (χ1v) is 5.90. The van der Waals surface area contributed by atoms with Crippen molar-refractivity contribution in [2.45, 2.75) is 51.3 Å². The number of rotatable bonds is 1. The molecule has 0 bridgehead atoms. The highest BCUT2D eigenvalue weighted by molar-refractivity contribution is 7.75. The van der Waals surface area contributed by atoms with Gasteiger partial charge in [0.15, 0.2) is 5.79 Å². The lowest BCUT2D eigenvalue weighted by Gasteiger charge is -2.26. The highest BCUT2D eigenvalue weighted by Gasteiger charge is 2.51. The molecule has 0 aromatic rings. The van der Waals surface area contributed by atoms with Crippen LogP contribution in [0.3, 0.4) is 0 Å². The molecule has 5 nitrogen and oxygen atoms in total. The molecule has 0 radical (unpaired) electrons. The van der Waals surface area contributed by atoms with Gasteiger partial charge in [-0.3, -0.25) is 8.37 Å². The predicted octanol–water partition coefficient (Wildman–Crippen LogP) is 0.911. The predicted molar refractivity (Wildman–Crippen MR) is 53.1 cm³/mol. The summed E-state index contributed by atoms with van der Waals surface area (Å²) in [4.78, 5) is 0. The van der Waals surface area contributed by atoms with Crippen LogP contribution in [-0.4, -0.2) is 34.4 Å². The van der Waals surface area contributed by atoms with Gasteiger partial charge in [0.25, 0.3) is 0 Å². The van der Waals surface area contributed by atoms with Crippen LogP contribution in [0.1, 0.15) is 27.7 Å². The lowest BCUT2D eigenvalue weighted by Crippen LogP contribution is -2.44. The molecule has 2 aliphatic rings. The van der Waals surface area contributed by atoms with E-state index in [-0.39, 0.29) is 12.2 Å². The molecular formula is C9H16O5S. The van der Waals surface area contributed by atoms with E-state index in [4.69, 9.17) is 17.8 Å². The molecule has 0 amide bonds. The zero-order valence-corrected chi connectivity index (χ0v) is 10.1. The highest BCUT2D eigenvalue weighted by Crippen LogP contribution is 2.36. The quantitative estimate of drug-likeness (QED) is 0.677. The summed E-state index contributed by atoms with van der Waals surface area (Å²) in [5.41, 5.74) is -0.612. The Morgan fingerprint density at radius 2 is 1.93 bits per heavy atom. The van der Waals surface area contributed by atoms with Crippen LogP contribution >= 0.6 is 0 Å². The highest BCUT2D eigenvalue weighted by atomic mass is 32.2. The van der Waals surface area contributed by atoms with E-state index < -0.39 is 22.7 Å². The maximum absolute atomic E-state index is 11.2. The van der Waals surface area contributed by atoms with Crippen molar-refractivity contribution in [3.63, 3.8) is 0 Å². The smallest absolute Gasteiger partial charge is 0.305 e. The van der Waals surface area contributed by atoms with Gasteiger partial charge >= 0.3 is 11.4 Å². The third-order valence-electron chi connectivity index (χ3n) is 2.52. The molecule has 2 fully saturated rings. The van der Waals surface area contributed by atoms with Crippen molar-refractivity contribution in [3.8, 4) is 0 Å². The van der Waals surface area contributed by atoms with Gasteiger partial charge in [0.1, 0.15) is 17.8 Å². The molecule has 0 aromatic carbocycles. The number of hydrogen-bond donors (Lipinski definition) is 0. The minimum atomic E-state index is -1.68. The molecule has 0 aliphatic carbocycles. The van der Waals surface area contributed by atoms with Crippen molar-refractivity contribution < 1.29 is 22.0 Å². The normalized spacial score (nSPS) is 43.3. The summed E-state index contributed by atoms with van der Waals surface area (Å²) in [5, 5.41) is 0. The average Bonchev–Trinajstić information content (AvgIpc) is 2.51. The molecule has 2 aliphatic heterocycles. The van der Waals surface area contributed by atoms with Crippen LogP contribution in [0, 0.1) is 0 Å². The molecule has 0 aromatic heterocycles. The zero-order valence-electron chi connectivity index (χ0n) is 9.31. The van der Waals surface area contributed by atoms with Crippen molar-refractivity contribution in [1.82, 2.24) is 0 Å². The summed E-state index contributed by atoms with van der Waals surface area (Å²) in [6, 6.07) is 0. The second-order valence-electron chi connectivity index (χ2n) is 4.77. The topological polar surface area (TPSA) is 54.0 Å². The van der Waals surface area contributed by atoms with Crippen molar-refractivity contribution in [3.05, 3.63) is 0 Å². The standard InChI is InChI=1S/C9H16O5S/c1-8(2)7(13-15(10)14-8)6-5-11-9(3,4)12-6/h6-7H,5H2,1-4H3/t6-,7-,15?/m1/s1. The van der Waals surface area contributed by atoms with Gasteiger partial charge in [0, 0.05) is 0 Å².